The Morgan fingerprint density at radius 3 is 1.79 bits per heavy atom. The summed E-state index contributed by atoms with van der Waals surface area (Å²) < 4.78 is 16.2. The number of Topliss-reactive ketones (excluding diaryl/α,β-unsaturated/α-hetero) is 1. The molecule has 1 atom stereocenters. The van der Waals surface area contributed by atoms with E-state index >= 15 is 0 Å². The molecule has 3 aromatic carbocycles. The maximum Gasteiger partial charge on any atom is 0.346 e. The molecule has 3 aromatic rings. The first-order valence-electron chi connectivity index (χ1n) is 8.72. The number of esters is 1. The van der Waals surface area contributed by atoms with Crippen molar-refractivity contribution in [1.29, 1.82) is 0 Å². The minimum Gasteiger partial charge on any atom is -0.496 e. The summed E-state index contributed by atoms with van der Waals surface area (Å²) in [5.41, 5.74) is 1.17. The van der Waals surface area contributed by atoms with Crippen LogP contribution in [0.3, 0.4) is 0 Å². The predicted molar refractivity (Wildman–Crippen MR) is 105 cm³/mol. The van der Waals surface area contributed by atoms with Crippen molar-refractivity contribution in [3.8, 4) is 11.5 Å². The van der Waals surface area contributed by atoms with E-state index in [9.17, 15) is 9.59 Å². The van der Waals surface area contributed by atoms with Gasteiger partial charge in [0.1, 0.15) is 17.1 Å². The van der Waals surface area contributed by atoms with Gasteiger partial charge in [-0.15, -0.1) is 0 Å². The smallest absolute Gasteiger partial charge is 0.346 e. The van der Waals surface area contributed by atoms with Gasteiger partial charge in [-0.25, -0.2) is 4.79 Å². The van der Waals surface area contributed by atoms with Crippen LogP contribution in [0, 0.1) is 0 Å². The number of rotatable bonds is 7. The van der Waals surface area contributed by atoms with Gasteiger partial charge >= 0.3 is 5.97 Å². The van der Waals surface area contributed by atoms with Crippen LogP contribution >= 0.6 is 0 Å². The molecule has 0 aliphatic rings. The summed E-state index contributed by atoms with van der Waals surface area (Å²) in [6, 6.07) is 22.6. The molecule has 0 aliphatic heterocycles. The van der Waals surface area contributed by atoms with Gasteiger partial charge in [0, 0.05) is 11.1 Å². The maximum absolute atomic E-state index is 13.1. The Kier molecular flexibility index (Phi) is 6.07. The molecule has 0 saturated heterocycles. The van der Waals surface area contributed by atoms with Gasteiger partial charge in [-0.2, -0.15) is 0 Å². The third kappa shape index (κ3) is 4.04. The molecule has 0 heterocycles. The Balaban J connectivity index is 1.99. The minimum atomic E-state index is -1.09. The Morgan fingerprint density at radius 1 is 0.714 bits per heavy atom. The van der Waals surface area contributed by atoms with Crippen LogP contribution in [0.1, 0.15) is 32.4 Å². The monoisotopic (exact) mass is 376 g/mol. The fourth-order valence-electron chi connectivity index (χ4n) is 2.87. The third-order valence-electron chi connectivity index (χ3n) is 4.26. The van der Waals surface area contributed by atoms with Gasteiger partial charge in [0.05, 0.1) is 14.2 Å². The van der Waals surface area contributed by atoms with E-state index in [0.717, 1.165) is 0 Å². The third-order valence-corrected chi connectivity index (χ3v) is 4.26. The van der Waals surface area contributed by atoms with E-state index in [-0.39, 0.29) is 11.3 Å². The van der Waals surface area contributed by atoms with Crippen LogP contribution in [0.15, 0.2) is 78.9 Å². The second-order valence-corrected chi connectivity index (χ2v) is 5.96. The van der Waals surface area contributed by atoms with Gasteiger partial charge in [-0.3, -0.25) is 4.79 Å². The standard InChI is InChI=1S/C23H20O5/c1-26-18-14-9-15-19(27-2)20(18)23(25)28-22(17-12-7-4-8-13-17)21(24)16-10-5-3-6-11-16/h3-15,22H,1-2H3/t22-/m0/s1. The molecule has 28 heavy (non-hydrogen) atoms. The summed E-state index contributed by atoms with van der Waals surface area (Å²) in [7, 11) is 2.91. The normalized spacial score (nSPS) is 11.4. The van der Waals surface area contributed by atoms with Crippen LogP contribution < -0.4 is 9.47 Å². The molecule has 0 saturated carbocycles. The van der Waals surface area contributed by atoms with Crippen molar-refractivity contribution >= 4 is 11.8 Å². The van der Waals surface area contributed by atoms with Gasteiger partial charge < -0.3 is 14.2 Å². The number of hydrogen-bond acceptors (Lipinski definition) is 5. The van der Waals surface area contributed by atoms with Crippen molar-refractivity contribution in [2.45, 2.75) is 6.10 Å². The molecule has 142 valence electrons. The van der Waals surface area contributed by atoms with Crippen LogP contribution in [-0.4, -0.2) is 26.0 Å². The topological polar surface area (TPSA) is 61.8 Å². The quantitative estimate of drug-likeness (QED) is 0.449. The number of ketones is 1. The highest BCUT2D eigenvalue weighted by Crippen LogP contribution is 2.32. The molecule has 0 radical (unpaired) electrons. The number of hydrogen-bond donors (Lipinski definition) is 0. The van der Waals surface area contributed by atoms with E-state index in [4.69, 9.17) is 14.2 Å². The first-order valence-corrected chi connectivity index (χ1v) is 8.72. The highest BCUT2D eigenvalue weighted by Gasteiger charge is 2.29. The molecule has 0 aliphatic carbocycles. The largest absolute Gasteiger partial charge is 0.496 e. The first kappa shape index (κ1) is 19.2. The molecule has 0 N–H and O–H groups in total. The number of carbonyl (C=O) groups is 2. The van der Waals surface area contributed by atoms with E-state index in [1.54, 1.807) is 66.7 Å². The van der Waals surface area contributed by atoms with Crippen molar-refractivity contribution in [3.63, 3.8) is 0 Å². The summed E-state index contributed by atoms with van der Waals surface area (Å²) in [5, 5.41) is 0. The van der Waals surface area contributed by atoms with Crippen molar-refractivity contribution in [2.24, 2.45) is 0 Å². The lowest BCUT2D eigenvalue weighted by Gasteiger charge is -2.19. The average Bonchev–Trinajstić information content (AvgIpc) is 2.77. The highest BCUT2D eigenvalue weighted by atomic mass is 16.6. The number of methoxy groups -OCH3 is 2. The molecule has 0 bridgehead atoms. The Hall–Kier alpha value is -3.60. The zero-order valence-corrected chi connectivity index (χ0v) is 15.6. The molecule has 0 aromatic heterocycles. The lowest BCUT2D eigenvalue weighted by atomic mass is 9.99. The summed E-state index contributed by atoms with van der Waals surface area (Å²) in [4.78, 5) is 26.1. The van der Waals surface area contributed by atoms with E-state index in [2.05, 4.69) is 0 Å². The Morgan fingerprint density at radius 2 is 1.25 bits per heavy atom. The van der Waals surface area contributed by atoms with Crippen molar-refractivity contribution in [1.82, 2.24) is 0 Å². The van der Waals surface area contributed by atoms with E-state index in [1.165, 1.54) is 14.2 Å². The zero-order valence-electron chi connectivity index (χ0n) is 15.6. The SMILES string of the molecule is COc1cccc(OC)c1C(=O)O[C@H](C(=O)c1ccccc1)c1ccccc1. The fourth-order valence-corrected chi connectivity index (χ4v) is 2.87. The predicted octanol–water partition coefficient (Wildman–Crippen LogP) is 4.48. The molecule has 0 amide bonds. The van der Waals surface area contributed by atoms with Crippen molar-refractivity contribution in [2.75, 3.05) is 14.2 Å². The molecule has 5 heteroatoms. The summed E-state index contributed by atoms with van der Waals surface area (Å²) in [5.74, 6) is -0.395. The molecule has 0 fully saturated rings. The number of carbonyl (C=O) groups excluding carboxylic acids is 2. The van der Waals surface area contributed by atoms with E-state index in [0.29, 0.717) is 22.6 Å². The fraction of sp³-hybridized carbons (Fsp3) is 0.130. The first-order chi connectivity index (χ1) is 13.7. The molecule has 5 nitrogen and oxygen atoms in total. The van der Waals surface area contributed by atoms with E-state index < -0.39 is 12.1 Å². The molecule has 0 spiro atoms. The summed E-state index contributed by atoms with van der Waals surface area (Å²) >= 11 is 0. The molecular weight excluding hydrogens is 356 g/mol. The van der Waals surface area contributed by atoms with E-state index in [1.807, 2.05) is 12.1 Å². The van der Waals surface area contributed by atoms with Gasteiger partial charge in [0.2, 0.25) is 5.78 Å². The summed E-state index contributed by atoms with van der Waals surface area (Å²) in [6.07, 6.45) is -1.09. The lowest BCUT2D eigenvalue weighted by molar-refractivity contribution is 0.0274. The van der Waals surface area contributed by atoms with Crippen LogP contribution in [0.4, 0.5) is 0 Å². The van der Waals surface area contributed by atoms with Gasteiger partial charge in [0.25, 0.3) is 0 Å². The Bertz CT molecular complexity index is 929. The van der Waals surface area contributed by atoms with Crippen LogP contribution in [0.5, 0.6) is 11.5 Å². The summed E-state index contributed by atoms with van der Waals surface area (Å²) in [6.45, 7) is 0. The average molecular weight is 376 g/mol. The Labute approximate surface area is 163 Å². The van der Waals surface area contributed by atoms with Gasteiger partial charge in [0.15, 0.2) is 6.10 Å². The minimum absolute atomic E-state index is 0.134. The second kappa shape index (κ2) is 8.86. The van der Waals surface area contributed by atoms with Gasteiger partial charge in [-0.05, 0) is 12.1 Å². The number of ether oxygens (including phenoxy) is 3. The van der Waals surface area contributed by atoms with Crippen molar-refractivity contribution in [3.05, 3.63) is 95.6 Å². The van der Waals surface area contributed by atoms with Crippen LogP contribution in [0.25, 0.3) is 0 Å². The number of benzene rings is 3. The van der Waals surface area contributed by atoms with Crippen LogP contribution in [0.2, 0.25) is 0 Å². The maximum atomic E-state index is 13.1. The highest BCUT2D eigenvalue weighted by molar-refractivity contribution is 6.03. The van der Waals surface area contributed by atoms with Gasteiger partial charge in [-0.1, -0.05) is 66.7 Å². The molecule has 0 unspecified atom stereocenters. The zero-order chi connectivity index (χ0) is 19.9. The second-order valence-electron chi connectivity index (χ2n) is 5.96. The molecule has 3 rings (SSSR count). The lowest BCUT2D eigenvalue weighted by Crippen LogP contribution is -2.21. The van der Waals surface area contributed by atoms with Crippen LogP contribution in [-0.2, 0) is 4.74 Å². The van der Waals surface area contributed by atoms with Crippen molar-refractivity contribution < 1.29 is 23.8 Å². The molecular formula is C23H20O5.